The Kier molecular flexibility index (Phi) is 7.71. The van der Waals surface area contributed by atoms with Gasteiger partial charge in [-0.1, -0.05) is 62.6 Å². The van der Waals surface area contributed by atoms with Crippen molar-refractivity contribution in [3.63, 3.8) is 0 Å². The molecule has 1 aliphatic rings. The van der Waals surface area contributed by atoms with Gasteiger partial charge in [-0.2, -0.15) is 0 Å². The highest BCUT2D eigenvalue weighted by Gasteiger charge is 2.26. The minimum atomic E-state index is 0.123. The molecule has 1 heterocycles. The van der Waals surface area contributed by atoms with Gasteiger partial charge in [-0.25, -0.2) is 9.97 Å². The number of rotatable bonds is 8. The first-order valence-corrected chi connectivity index (χ1v) is 12.2. The standard InChI is InChI=1S/C28H34N4O/c1-3-4-9-21-14-16-23(17-15-21)28(33)32-25-13-8-12-24(18-25)31-27-19-26(29-20(2)30-27)22-10-6-5-7-11-22/h5-8,10-13,18-19,21,23H,3-4,9,14-17H2,1-2H3,(H,32,33)(H,29,30,31). The van der Waals surface area contributed by atoms with Crippen molar-refractivity contribution in [1.29, 1.82) is 0 Å². The van der Waals surface area contributed by atoms with Crippen molar-refractivity contribution in [1.82, 2.24) is 9.97 Å². The number of benzene rings is 2. The lowest BCUT2D eigenvalue weighted by atomic mass is 9.79. The summed E-state index contributed by atoms with van der Waals surface area (Å²) in [7, 11) is 0. The summed E-state index contributed by atoms with van der Waals surface area (Å²) in [6.45, 7) is 4.14. The van der Waals surface area contributed by atoms with E-state index in [1.54, 1.807) is 0 Å². The van der Waals surface area contributed by atoms with Crippen LogP contribution in [-0.2, 0) is 4.79 Å². The lowest BCUT2D eigenvalue weighted by Crippen LogP contribution is -2.27. The summed E-state index contributed by atoms with van der Waals surface area (Å²) < 4.78 is 0. The number of amides is 1. The first kappa shape index (κ1) is 23.0. The summed E-state index contributed by atoms with van der Waals surface area (Å²) in [4.78, 5) is 22.0. The average molecular weight is 443 g/mol. The van der Waals surface area contributed by atoms with Crippen molar-refractivity contribution in [3.8, 4) is 11.3 Å². The van der Waals surface area contributed by atoms with E-state index in [-0.39, 0.29) is 11.8 Å². The number of unbranched alkanes of at least 4 members (excludes halogenated alkanes) is 1. The van der Waals surface area contributed by atoms with E-state index in [2.05, 4.69) is 27.5 Å². The highest BCUT2D eigenvalue weighted by molar-refractivity contribution is 5.93. The second-order valence-corrected chi connectivity index (χ2v) is 9.11. The van der Waals surface area contributed by atoms with Crippen LogP contribution in [-0.4, -0.2) is 15.9 Å². The van der Waals surface area contributed by atoms with E-state index in [0.29, 0.717) is 5.82 Å². The number of nitrogens with one attached hydrogen (secondary N) is 2. The van der Waals surface area contributed by atoms with Gasteiger partial charge in [0.1, 0.15) is 11.6 Å². The molecule has 1 amide bonds. The molecule has 2 N–H and O–H groups in total. The van der Waals surface area contributed by atoms with E-state index < -0.39 is 0 Å². The number of hydrogen-bond acceptors (Lipinski definition) is 4. The summed E-state index contributed by atoms with van der Waals surface area (Å²) in [5.74, 6) is 2.51. The zero-order valence-corrected chi connectivity index (χ0v) is 19.7. The molecule has 1 aliphatic carbocycles. The molecule has 2 aromatic carbocycles. The Hall–Kier alpha value is -3.21. The predicted octanol–water partition coefficient (Wildman–Crippen LogP) is 7.13. The van der Waals surface area contributed by atoms with Crippen LogP contribution >= 0.6 is 0 Å². The third-order valence-corrected chi connectivity index (χ3v) is 6.49. The minimum Gasteiger partial charge on any atom is -0.340 e. The first-order chi connectivity index (χ1) is 16.1. The van der Waals surface area contributed by atoms with Gasteiger partial charge < -0.3 is 10.6 Å². The summed E-state index contributed by atoms with van der Waals surface area (Å²) in [5, 5.41) is 6.50. The molecule has 1 saturated carbocycles. The molecule has 3 aromatic rings. The highest BCUT2D eigenvalue weighted by Crippen LogP contribution is 2.33. The molecule has 0 atom stereocenters. The zero-order valence-electron chi connectivity index (χ0n) is 19.7. The molecule has 0 aliphatic heterocycles. The number of aromatic nitrogens is 2. The van der Waals surface area contributed by atoms with Gasteiger partial charge in [0.05, 0.1) is 5.69 Å². The van der Waals surface area contributed by atoms with E-state index in [0.717, 1.165) is 47.2 Å². The SMILES string of the molecule is CCCCC1CCC(C(=O)Nc2cccc(Nc3cc(-c4ccccc4)nc(C)n3)c2)CC1. The van der Waals surface area contributed by atoms with Crippen molar-refractivity contribution >= 4 is 23.1 Å². The average Bonchev–Trinajstić information content (AvgIpc) is 2.83. The molecule has 4 rings (SSSR count). The molecule has 0 bridgehead atoms. The first-order valence-electron chi connectivity index (χ1n) is 12.2. The molecular formula is C28H34N4O. The van der Waals surface area contributed by atoms with Crippen molar-refractivity contribution < 1.29 is 4.79 Å². The smallest absolute Gasteiger partial charge is 0.227 e. The van der Waals surface area contributed by atoms with E-state index in [9.17, 15) is 4.79 Å². The van der Waals surface area contributed by atoms with Gasteiger partial charge in [0.25, 0.3) is 0 Å². The van der Waals surface area contributed by atoms with E-state index in [4.69, 9.17) is 0 Å². The van der Waals surface area contributed by atoms with Crippen LogP contribution in [0.5, 0.6) is 0 Å². The predicted molar refractivity (Wildman–Crippen MR) is 136 cm³/mol. The largest absolute Gasteiger partial charge is 0.340 e. The lowest BCUT2D eigenvalue weighted by Gasteiger charge is -2.27. The third-order valence-electron chi connectivity index (χ3n) is 6.49. The van der Waals surface area contributed by atoms with Gasteiger partial charge in [0, 0.05) is 28.9 Å². The molecule has 0 unspecified atom stereocenters. The van der Waals surface area contributed by atoms with Crippen LogP contribution in [0.15, 0.2) is 60.7 Å². The molecular weight excluding hydrogens is 408 g/mol. The molecule has 5 heteroatoms. The molecule has 172 valence electrons. The maximum atomic E-state index is 12.9. The van der Waals surface area contributed by atoms with Crippen LogP contribution in [0.3, 0.4) is 0 Å². The van der Waals surface area contributed by atoms with Gasteiger partial charge >= 0.3 is 0 Å². The molecule has 33 heavy (non-hydrogen) atoms. The van der Waals surface area contributed by atoms with Crippen molar-refractivity contribution in [2.24, 2.45) is 11.8 Å². The Labute approximate surface area is 197 Å². The van der Waals surface area contributed by atoms with Crippen LogP contribution in [0, 0.1) is 18.8 Å². The quantitative estimate of drug-likeness (QED) is 0.389. The molecule has 1 fully saturated rings. The molecule has 0 radical (unpaired) electrons. The second-order valence-electron chi connectivity index (χ2n) is 9.11. The summed E-state index contributed by atoms with van der Waals surface area (Å²) in [6, 6.07) is 19.9. The maximum absolute atomic E-state index is 12.9. The number of hydrogen-bond donors (Lipinski definition) is 2. The van der Waals surface area contributed by atoms with Gasteiger partial charge in [-0.15, -0.1) is 0 Å². The fraction of sp³-hybridized carbons (Fsp3) is 0.393. The van der Waals surface area contributed by atoms with Gasteiger partial charge in [0.15, 0.2) is 0 Å². The molecule has 0 saturated heterocycles. The molecule has 5 nitrogen and oxygen atoms in total. The van der Waals surface area contributed by atoms with Crippen molar-refractivity contribution in [3.05, 3.63) is 66.5 Å². The number of aryl methyl sites for hydroxylation is 1. The maximum Gasteiger partial charge on any atom is 0.227 e. The Morgan fingerprint density at radius 2 is 1.70 bits per heavy atom. The van der Waals surface area contributed by atoms with E-state index in [1.165, 1.54) is 32.1 Å². The summed E-state index contributed by atoms with van der Waals surface area (Å²) >= 11 is 0. The van der Waals surface area contributed by atoms with E-state index in [1.807, 2.05) is 67.6 Å². The normalized spacial score (nSPS) is 18.0. The van der Waals surface area contributed by atoms with Crippen LogP contribution in [0.2, 0.25) is 0 Å². The van der Waals surface area contributed by atoms with Crippen LogP contribution < -0.4 is 10.6 Å². The van der Waals surface area contributed by atoms with Crippen molar-refractivity contribution in [2.45, 2.75) is 58.8 Å². The van der Waals surface area contributed by atoms with E-state index >= 15 is 0 Å². The van der Waals surface area contributed by atoms with Crippen LogP contribution in [0.4, 0.5) is 17.2 Å². The number of nitrogens with zero attached hydrogens (tertiary/aromatic N) is 2. The van der Waals surface area contributed by atoms with Crippen molar-refractivity contribution in [2.75, 3.05) is 10.6 Å². The number of carbonyl (C=O) groups excluding carboxylic acids is 1. The fourth-order valence-electron chi connectivity index (χ4n) is 4.66. The topological polar surface area (TPSA) is 66.9 Å². The number of carbonyl (C=O) groups is 1. The molecule has 0 spiro atoms. The minimum absolute atomic E-state index is 0.123. The number of anilines is 3. The Bertz CT molecular complexity index is 1060. The third kappa shape index (κ3) is 6.41. The highest BCUT2D eigenvalue weighted by atomic mass is 16.1. The fourth-order valence-corrected chi connectivity index (χ4v) is 4.66. The van der Waals surface area contributed by atoms with Gasteiger partial charge in [-0.05, 0) is 56.7 Å². The van der Waals surface area contributed by atoms with Crippen LogP contribution in [0.25, 0.3) is 11.3 Å². The Morgan fingerprint density at radius 3 is 2.45 bits per heavy atom. The summed E-state index contributed by atoms with van der Waals surface area (Å²) in [6.07, 6.45) is 8.23. The van der Waals surface area contributed by atoms with Gasteiger partial charge in [0.2, 0.25) is 5.91 Å². The molecule has 1 aromatic heterocycles. The summed E-state index contributed by atoms with van der Waals surface area (Å²) in [5.41, 5.74) is 3.63. The second kappa shape index (κ2) is 11.1. The zero-order chi connectivity index (χ0) is 23.0. The monoisotopic (exact) mass is 442 g/mol. The Balaban J connectivity index is 1.39. The lowest BCUT2D eigenvalue weighted by molar-refractivity contribution is -0.121. The Morgan fingerprint density at radius 1 is 0.939 bits per heavy atom. The van der Waals surface area contributed by atoms with Gasteiger partial charge in [-0.3, -0.25) is 4.79 Å². The van der Waals surface area contributed by atoms with Crippen LogP contribution in [0.1, 0.15) is 57.7 Å².